The summed E-state index contributed by atoms with van der Waals surface area (Å²) in [6.45, 7) is -0.811. The van der Waals surface area contributed by atoms with Crippen LogP contribution in [0.1, 0.15) is 11.5 Å². The van der Waals surface area contributed by atoms with E-state index < -0.39 is 22.5 Å². The first-order chi connectivity index (χ1) is 13.0. The number of furan rings is 1. The summed E-state index contributed by atoms with van der Waals surface area (Å²) in [6, 6.07) is 12.2. The molecule has 0 saturated heterocycles. The van der Waals surface area contributed by atoms with Gasteiger partial charge in [0.25, 0.3) is 11.8 Å². The highest BCUT2D eigenvalue weighted by Crippen LogP contribution is 2.17. The van der Waals surface area contributed by atoms with Crippen molar-refractivity contribution in [2.45, 2.75) is 6.61 Å². The van der Waals surface area contributed by atoms with Crippen LogP contribution in [0.5, 0.6) is 0 Å². The van der Waals surface area contributed by atoms with Crippen LogP contribution in [-0.2, 0) is 26.2 Å². The van der Waals surface area contributed by atoms with E-state index in [4.69, 9.17) is 13.6 Å². The molecule has 0 aliphatic carbocycles. The van der Waals surface area contributed by atoms with E-state index in [1.165, 1.54) is 12.3 Å². The summed E-state index contributed by atoms with van der Waals surface area (Å²) >= 11 is 0. The van der Waals surface area contributed by atoms with Crippen molar-refractivity contribution in [3.8, 4) is 11.7 Å². The molecule has 10 heteroatoms. The molecular formula is C17H15N3O6S. The molecule has 0 aliphatic rings. The Labute approximate surface area is 154 Å². The molecule has 2 aromatic heterocycles. The molecule has 3 rings (SSSR count). The second kappa shape index (κ2) is 8.43. The molecule has 3 aromatic rings. The normalized spacial score (nSPS) is 11.7. The van der Waals surface area contributed by atoms with Gasteiger partial charge in [0.05, 0.1) is 6.26 Å². The summed E-state index contributed by atoms with van der Waals surface area (Å²) < 4.78 is 41.1. The number of carbonyl (C=O) groups is 1. The van der Waals surface area contributed by atoms with Gasteiger partial charge < -0.3 is 13.6 Å². The summed E-state index contributed by atoms with van der Waals surface area (Å²) in [5.74, 6) is -0.193. The summed E-state index contributed by atoms with van der Waals surface area (Å²) in [6.07, 6.45) is 2.87. The first-order valence-corrected chi connectivity index (χ1v) is 9.31. The summed E-state index contributed by atoms with van der Waals surface area (Å²) in [5.41, 5.74) is 0.717. The lowest BCUT2D eigenvalue weighted by Gasteiger charge is -2.03. The van der Waals surface area contributed by atoms with Gasteiger partial charge >= 0.3 is 5.97 Å². The Morgan fingerprint density at radius 1 is 1.15 bits per heavy atom. The molecule has 27 heavy (non-hydrogen) atoms. The first-order valence-electron chi connectivity index (χ1n) is 7.76. The molecule has 0 spiro atoms. The molecule has 0 amide bonds. The molecule has 9 nitrogen and oxygen atoms in total. The van der Waals surface area contributed by atoms with Gasteiger partial charge in [-0.15, -0.1) is 10.2 Å². The molecule has 140 valence electrons. The number of sulfonamides is 1. The SMILES string of the molecule is O=C(CNS(=O)(=O)/C=C/c1ccccc1)OCc1nnc(-c2ccco2)o1. The van der Waals surface area contributed by atoms with Crippen LogP contribution in [0.25, 0.3) is 17.7 Å². The van der Waals surface area contributed by atoms with Crippen molar-refractivity contribution in [1.29, 1.82) is 0 Å². The zero-order valence-electron chi connectivity index (χ0n) is 13.9. The second-order valence-corrected chi connectivity index (χ2v) is 6.87. The van der Waals surface area contributed by atoms with Gasteiger partial charge in [0.15, 0.2) is 12.4 Å². The van der Waals surface area contributed by atoms with Crippen LogP contribution in [0.15, 0.2) is 63.0 Å². The summed E-state index contributed by atoms with van der Waals surface area (Å²) in [4.78, 5) is 11.7. The highest BCUT2D eigenvalue weighted by atomic mass is 32.2. The second-order valence-electron chi connectivity index (χ2n) is 5.22. The van der Waals surface area contributed by atoms with Crippen LogP contribution in [0, 0.1) is 0 Å². The van der Waals surface area contributed by atoms with E-state index in [0.717, 1.165) is 5.41 Å². The van der Waals surface area contributed by atoms with Gasteiger partial charge in [-0.1, -0.05) is 30.3 Å². The van der Waals surface area contributed by atoms with E-state index in [1.54, 1.807) is 36.4 Å². The number of aromatic nitrogens is 2. The van der Waals surface area contributed by atoms with Crippen molar-refractivity contribution in [2.24, 2.45) is 0 Å². The van der Waals surface area contributed by atoms with Crippen molar-refractivity contribution in [2.75, 3.05) is 6.54 Å². The summed E-state index contributed by atoms with van der Waals surface area (Å²) in [5, 5.41) is 8.44. The predicted molar refractivity (Wildman–Crippen MR) is 94.2 cm³/mol. The molecule has 0 atom stereocenters. The Morgan fingerprint density at radius 2 is 1.96 bits per heavy atom. The van der Waals surface area contributed by atoms with Crippen LogP contribution in [0.4, 0.5) is 0 Å². The minimum atomic E-state index is -3.78. The van der Waals surface area contributed by atoms with Gasteiger partial charge in [-0.2, -0.15) is 0 Å². The number of esters is 1. The lowest BCUT2D eigenvalue weighted by molar-refractivity contribution is -0.144. The van der Waals surface area contributed by atoms with Gasteiger partial charge in [0.2, 0.25) is 10.0 Å². The van der Waals surface area contributed by atoms with Crippen molar-refractivity contribution in [1.82, 2.24) is 14.9 Å². The predicted octanol–water partition coefficient (Wildman–Crippen LogP) is 1.96. The lowest BCUT2D eigenvalue weighted by Crippen LogP contribution is -2.29. The molecular weight excluding hydrogens is 374 g/mol. The van der Waals surface area contributed by atoms with E-state index in [0.29, 0.717) is 11.3 Å². The molecule has 0 aliphatic heterocycles. The number of hydrogen-bond acceptors (Lipinski definition) is 8. The van der Waals surface area contributed by atoms with Crippen LogP contribution in [-0.4, -0.2) is 31.1 Å². The minimum Gasteiger partial charge on any atom is -0.459 e. The lowest BCUT2D eigenvalue weighted by atomic mass is 10.2. The van der Waals surface area contributed by atoms with E-state index >= 15 is 0 Å². The maximum atomic E-state index is 11.9. The topological polar surface area (TPSA) is 125 Å². The van der Waals surface area contributed by atoms with Gasteiger partial charge in [0, 0.05) is 5.41 Å². The fourth-order valence-electron chi connectivity index (χ4n) is 1.94. The van der Waals surface area contributed by atoms with E-state index in [9.17, 15) is 13.2 Å². The molecule has 0 fully saturated rings. The maximum Gasteiger partial charge on any atom is 0.321 e. The van der Waals surface area contributed by atoms with E-state index in [-0.39, 0.29) is 18.4 Å². The Bertz CT molecular complexity index is 1010. The van der Waals surface area contributed by atoms with Crippen molar-refractivity contribution in [3.05, 3.63) is 65.6 Å². The molecule has 0 radical (unpaired) electrons. The Balaban J connectivity index is 1.46. The largest absolute Gasteiger partial charge is 0.459 e. The number of nitrogens with one attached hydrogen (secondary N) is 1. The van der Waals surface area contributed by atoms with Gasteiger partial charge in [-0.05, 0) is 23.8 Å². The smallest absolute Gasteiger partial charge is 0.321 e. The number of ether oxygens (including phenoxy) is 1. The Hall–Kier alpha value is -3.24. The average Bonchev–Trinajstić information content (AvgIpc) is 3.35. The number of benzene rings is 1. The maximum absolute atomic E-state index is 11.9. The van der Waals surface area contributed by atoms with Gasteiger partial charge in [0.1, 0.15) is 6.54 Å². The molecule has 0 unspecified atom stereocenters. The first kappa shape index (κ1) is 18.5. The molecule has 1 N–H and O–H groups in total. The fourth-order valence-corrected chi connectivity index (χ4v) is 2.70. The van der Waals surface area contributed by atoms with Crippen molar-refractivity contribution < 1.29 is 26.8 Å². The molecule has 0 saturated carbocycles. The number of hydrogen-bond donors (Lipinski definition) is 1. The van der Waals surface area contributed by atoms with Crippen LogP contribution in [0.3, 0.4) is 0 Å². The van der Waals surface area contributed by atoms with Gasteiger partial charge in [-0.3, -0.25) is 4.79 Å². The van der Waals surface area contributed by atoms with Crippen LogP contribution in [0.2, 0.25) is 0 Å². The standard InChI is InChI=1S/C17H15N3O6S/c21-16(11-18-27(22,23)10-8-13-5-2-1-3-6-13)25-12-15-19-20-17(26-15)14-7-4-9-24-14/h1-10,18H,11-12H2/b10-8+. The third-order valence-electron chi connectivity index (χ3n) is 3.21. The summed E-state index contributed by atoms with van der Waals surface area (Å²) in [7, 11) is -3.78. The van der Waals surface area contributed by atoms with Crippen LogP contribution >= 0.6 is 0 Å². The molecule has 1 aromatic carbocycles. The monoisotopic (exact) mass is 389 g/mol. The zero-order valence-corrected chi connectivity index (χ0v) is 14.8. The van der Waals surface area contributed by atoms with Crippen LogP contribution < -0.4 is 4.72 Å². The zero-order chi connectivity index (χ0) is 19.1. The number of carbonyl (C=O) groups excluding carboxylic acids is 1. The van der Waals surface area contributed by atoms with E-state index in [2.05, 4.69) is 14.9 Å². The third-order valence-corrected chi connectivity index (χ3v) is 4.25. The van der Waals surface area contributed by atoms with Gasteiger partial charge in [-0.25, -0.2) is 13.1 Å². The number of nitrogens with zero attached hydrogens (tertiary/aromatic N) is 2. The highest BCUT2D eigenvalue weighted by Gasteiger charge is 2.14. The third kappa shape index (κ3) is 5.62. The molecule has 2 heterocycles. The Kier molecular flexibility index (Phi) is 5.79. The van der Waals surface area contributed by atoms with Crippen molar-refractivity contribution in [3.63, 3.8) is 0 Å². The molecule has 0 bridgehead atoms. The minimum absolute atomic E-state index is 0.0570. The number of rotatable bonds is 8. The van der Waals surface area contributed by atoms with Crippen molar-refractivity contribution >= 4 is 22.1 Å². The fraction of sp³-hybridized carbons (Fsp3) is 0.118. The Morgan fingerprint density at radius 3 is 2.70 bits per heavy atom. The van der Waals surface area contributed by atoms with E-state index in [1.807, 2.05) is 6.07 Å². The quantitative estimate of drug-likeness (QED) is 0.580. The average molecular weight is 389 g/mol. The highest BCUT2D eigenvalue weighted by molar-refractivity contribution is 7.92.